The number of amides is 1. The number of anilines is 2. The third-order valence-corrected chi connectivity index (χ3v) is 2.86. The van der Waals surface area contributed by atoms with Crippen LogP contribution < -0.4 is 16.2 Å². The van der Waals surface area contributed by atoms with Gasteiger partial charge in [-0.2, -0.15) is 0 Å². The summed E-state index contributed by atoms with van der Waals surface area (Å²) < 4.78 is 0. The van der Waals surface area contributed by atoms with Crippen molar-refractivity contribution in [1.82, 2.24) is 4.98 Å². The smallest absolute Gasteiger partial charge is 0.261 e. The van der Waals surface area contributed by atoms with Gasteiger partial charge in [-0.25, -0.2) is 4.98 Å². The molecule has 0 radical (unpaired) electrons. The second-order valence-electron chi connectivity index (χ2n) is 4.25. The minimum absolute atomic E-state index is 0.157. The fraction of sp³-hybridized carbons (Fsp3) is 0.143. The highest BCUT2D eigenvalue weighted by atomic mass is 16.2. The molecule has 0 bridgehead atoms. The fourth-order valence-electron chi connectivity index (χ4n) is 1.80. The molecule has 0 saturated carbocycles. The molecule has 0 aliphatic heterocycles. The van der Waals surface area contributed by atoms with Gasteiger partial charge in [-0.15, -0.1) is 0 Å². The third-order valence-electron chi connectivity index (χ3n) is 2.86. The molecule has 1 heterocycles. The van der Waals surface area contributed by atoms with Gasteiger partial charge in [-0.3, -0.25) is 15.5 Å². The molecule has 2 aromatic rings. The lowest BCUT2D eigenvalue weighted by atomic mass is 10.1. The first-order valence-electron chi connectivity index (χ1n) is 5.90. The predicted octanol–water partition coefficient (Wildman–Crippen LogP) is 1.95. The van der Waals surface area contributed by atoms with E-state index in [1.807, 2.05) is 19.1 Å². The number of nitrogens with one attached hydrogen (secondary N) is 1. The van der Waals surface area contributed by atoms with Crippen LogP contribution in [-0.2, 0) is 0 Å². The molecule has 0 fully saturated rings. The second-order valence-corrected chi connectivity index (χ2v) is 4.25. The van der Waals surface area contributed by atoms with Gasteiger partial charge in [0.25, 0.3) is 5.91 Å². The van der Waals surface area contributed by atoms with E-state index < -0.39 is 0 Å². The largest absolute Gasteiger partial charge is 0.323 e. The first kappa shape index (κ1) is 13.0. The number of pyridine rings is 1. The first-order valence-corrected chi connectivity index (χ1v) is 5.90. The topological polar surface area (TPSA) is 71.2 Å². The second kappa shape index (κ2) is 5.49. The van der Waals surface area contributed by atoms with Gasteiger partial charge < -0.3 is 5.43 Å². The monoisotopic (exact) mass is 256 g/mol. The summed E-state index contributed by atoms with van der Waals surface area (Å²) in [6.45, 7) is 1.93. The molecule has 0 spiro atoms. The van der Waals surface area contributed by atoms with E-state index in [-0.39, 0.29) is 5.91 Å². The molecule has 0 saturated heterocycles. The highest BCUT2D eigenvalue weighted by molar-refractivity contribution is 6.08. The summed E-state index contributed by atoms with van der Waals surface area (Å²) in [7, 11) is 1.69. The van der Waals surface area contributed by atoms with Crippen LogP contribution in [0.4, 0.5) is 11.5 Å². The van der Waals surface area contributed by atoms with Crippen LogP contribution >= 0.6 is 0 Å². The molecule has 5 heteroatoms. The summed E-state index contributed by atoms with van der Waals surface area (Å²) in [4.78, 5) is 18.1. The molecule has 0 aliphatic carbocycles. The van der Waals surface area contributed by atoms with Crippen LogP contribution in [0.25, 0.3) is 0 Å². The lowest BCUT2D eigenvalue weighted by Gasteiger charge is -2.18. The summed E-state index contributed by atoms with van der Waals surface area (Å²) in [6.07, 6.45) is 1.65. The van der Waals surface area contributed by atoms with Gasteiger partial charge >= 0.3 is 0 Å². The number of carbonyl (C=O) groups is 1. The van der Waals surface area contributed by atoms with Crippen molar-refractivity contribution in [1.29, 1.82) is 0 Å². The van der Waals surface area contributed by atoms with Crippen molar-refractivity contribution in [3.8, 4) is 0 Å². The molecule has 98 valence electrons. The van der Waals surface area contributed by atoms with Gasteiger partial charge in [0.2, 0.25) is 0 Å². The highest BCUT2D eigenvalue weighted by Gasteiger charge is 2.17. The van der Waals surface area contributed by atoms with Crippen LogP contribution in [0, 0.1) is 6.92 Å². The summed E-state index contributed by atoms with van der Waals surface area (Å²) in [6, 6.07) is 10.9. The standard InChI is InChI=1S/C14H16N4O/c1-10-6-7-12(17-15)11(9-10)14(19)18(2)13-5-3-4-8-16-13/h3-9,17H,15H2,1-2H3. The predicted molar refractivity (Wildman–Crippen MR) is 76.0 cm³/mol. The maximum Gasteiger partial charge on any atom is 0.261 e. The zero-order chi connectivity index (χ0) is 13.8. The number of benzene rings is 1. The Hall–Kier alpha value is -2.40. The van der Waals surface area contributed by atoms with Gasteiger partial charge in [0.15, 0.2) is 0 Å². The molecule has 5 nitrogen and oxygen atoms in total. The average molecular weight is 256 g/mol. The van der Waals surface area contributed by atoms with E-state index in [1.54, 1.807) is 37.5 Å². The number of rotatable bonds is 3. The van der Waals surface area contributed by atoms with Crippen molar-refractivity contribution in [3.05, 3.63) is 53.7 Å². The van der Waals surface area contributed by atoms with Gasteiger partial charge in [-0.05, 0) is 31.2 Å². The van der Waals surface area contributed by atoms with Crippen LogP contribution in [-0.4, -0.2) is 17.9 Å². The highest BCUT2D eigenvalue weighted by Crippen LogP contribution is 2.20. The Bertz CT molecular complexity index is 583. The lowest BCUT2D eigenvalue weighted by Crippen LogP contribution is -2.28. The Labute approximate surface area is 112 Å². The number of hydrogen-bond acceptors (Lipinski definition) is 4. The van der Waals surface area contributed by atoms with Gasteiger partial charge in [0.1, 0.15) is 5.82 Å². The summed E-state index contributed by atoms with van der Waals surface area (Å²) in [5.74, 6) is 5.88. The Morgan fingerprint density at radius 3 is 2.74 bits per heavy atom. The van der Waals surface area contributed by atoms with Gasteiger partial charge in [-0.1, -0.05) is 17.7 Å². The molecule has 1 aromatic carbocycles. The Kier molecular flexibility index (Phi) is 3.77. The van der Waals surface area contributed by atoms with E-state index in [0.717, 1.165) is 5.56 Å². The zero-order valence-electron chi connectivity index (χ0n) is 10.9. The quantitative estimate of drug-likeness (QED) is 0.650. The van der Waals surface area contributed by atoms with Crippen molar-refractivity contribution in [3.63, 3.8) is 0 Å². The fourth-order valence-corrected chi connectivity index (χ4v) is 1.80. The number of aryl methyl sites for hydroxylation is 1. The Morgan fingerprint density at radius 2 is 2.11 bits per heavy atom. The number of hydrogen-bond donors (Lipinski definition) is 2. The molecule has 2 rings (SSSR count). The number of aromatic nitrogens is 1. The number of nitrogens with zero attached hydrogens (tertiary/aromatic N) is 2. The summed E-state index contributed by atoms with van der Waals surface area (Å²) >= 11 is 0. The molecule has 19 heavy (non-hydrogen) atoms. The number of nitrogen functional groups attached to an aromatic ring is 1. The SMILES string of the molecule is Cc1ccc(NN)c(C(=O)N(C)c2ccccn2)c1. The van der Waals surface area contributed by atoms with Crippen LogP contribution in [0.1, 0.15) is 15.9 Å². The Balaban J connectivity index is 2.37. The van der Waals surface area contributed by atoms with E-state index in [2.05, 4.69) is 10.4 Å². The number of carbonyl (C=O) groups excluding carboxylic acids is 1. The molecular formula is C14H16N4O. The molecule has 1 amide bonds. The molecule has 3 N–H and O–H groups in total. The normalized spacial score (nSPS) is 10.1. The van der Waals surface area contributed by atoms with E-state index >= 15 is 0 Å². The Morgan fingerprint density at radius 1 is 1.32 bits per heavy atom. The van der Waals surface area contributed by atoms with E-state index in [1.165, 1.54) is 4.90 Å². The molecule has 0 aliphatic rings. The van der Waals surface area contributed by atoms with Crippen LogP contribution in [0.15, 0.2) is 42.6 Å². The maximum absolute atomic E-state index is 12.5. The van der Waals surface area contributed by atoms with Crippen molar-refractivity contribution >= 4 is 17.4 Å². The third kappa shape index (κ3) is 2.71. The van der Waals surface area contributed by atoms with Gasteiger partial charge in [0, 0.05) is 13.2 Å². The van der Waals surface area contributed by atoms with E-state index in [4.69, 9.17) is 5.84 Å². The minimum Gasteiger partial charge on any atom is -0.323 e. The van der Waals surface area contributed by atoms with Gasteiger partial charge in [0.05, 0.1) is 11.3 Å². The van der Waals surface area contributed by atoms with E-state index in [0.29, 0.717) is 17.1 Å². The number of hydrazine groups is 1. The molecular weight excluding hydrogens is 240 g/mol. The van der Waals surface area contributed by atoms with Crippen molar-refractivity contribution < 1.29 is 4.79 Å². The lowest BCUT2D eigenvalue weighted by molar-refractivity contribution is 0.0993. The van der Waals surface area contributed by atoms with Crippen molar-refractivity contribution in [2.75, 3.05) is 17.4 Å². The molecule has 0 atom stereocenters. The maximum atomic E-state index is 12.5. The van der Waals surface area contributed by atoms with Crippen LogP contribution in [0.3, 0.4) is 0 Å². The van der Waals surface area contributed by atoms with Crippen LogP contribution in [0.5, 0.6) is 0 Å². The molecule has 0 unspecified atom stereocenters. The summed E-state index contributed by atoms with van der Waals surface area (Å²) in [5, 5.41) is 0. The molecule has 1 aromatic heterocycles. The summed E-state index contributed by atoms with van der Waals surface area (Å²) in [5.41, 5.74) is 4.66. The minimum atomic E-state index is -0.157. The average Bonchev–Trinajstić information content (AvgIpc) is 2.46. The zero-order valence-corrected chi connectivity index (χ0v) is 10.9. The van der Waals surface area contributed by atoms with Crippen molar-refractivity contribution in [2.45, 2.75) is 6.92 Å². The van der Waals surface area contributed by atoms with Crippen LogP contribution in [0.2, 0.25) is 0 Å². The first-order chi connectivity index (χ1) is 9.13. The number of nitrogens with two attached hydrogens (primary N) is 1. The van der Waals surface area contributed by atoms with Crippen molar-refractivity contribution in [2.24, 2.45) is 5.84 Å². The van der Waals surface area contributed by atoms with E-state index in [9.17, 15) is 4.79 Å².